The number of carbonyl (C=O) groups excluding carboxylic acids is 2. The predicted molar refractivity (Wildman–Crippen MR) is 56.2 cm³/mol. The first-order valence-corrected chi connectivity index (χ1v) is 4.57. The predicted octanol–water partition coefficient (Wildman–Crippen LogP) is -0.910. The molecule has 0 aromatic heterocycles. The number of amides is 1. The molecule has 0 aliphatic heterocycles. The molecule has 0 aliphatic carbocycles. The largest absolute Gasteiger partial charge is 0.460 e. The van der Waals surface area contributed by atoms with Crippen molar-refractivity contribution in [2.45, 2.75) is 6.92 Å². The quantitative estimate of drug-likeness (QED) is 0.237. The first-order valence-electron chi connectivity index (χ1n) is 4.57. The van der Waals surface area contributed by atoms with E-state index >= 15 is 0 Å². The average molecular weight is 229 g/mol. The molecule has 0 heterocycles. The Morgan fingerprint density at radius 3 is 2.56 bits per heavy atom. The molecule has 0 radical (unpaired) electrons. The first kappa shape index (κ1) is 14.3. The smallest absolute Gasteiger partial charge is 0.333 e. The minimum atomic E-state index is -0.632. The molecule has 0 aromatic rings. The van der Waals surface area contributed by atoms with Gasteiger partial charge in [0.05, 0.1) is 6.61 Å². The highest BCUT2D eigenvalue weighted by atomic mass is 16.5. The van der Waals surface area contributed by atoms with E-state index in [1.165, 1.54) is 13.0 Å². The molecule has 0 saturated heterocycles. The SMILES string of the molecule is C=C(/C=C(\C)C(=O)OCCO)C(=O)NCO. The van der Waals surface area contributed by atoms with Crippen LogP contribution in [0.15, 0.2) is 23.8 Å². The lowest BCUT2D eigenvalue weighted by Gasteiger charge is -2.04. The van der Waals surface area contributed by atoms with Gasteiger partial charge in [0, 0.05) is 11.1 Å². The van der Waals surface area contributed by atoms with Gasteiger partial charge in [-0.15, -0.1) is 0 Å². The van der Waals surface area contributed by atoms with Gasteiger partial charge >= 0.3 is 5.97 Å². The summed E-state index contributed by atoms with van der Waals surface area (Å²) < 4.78 is 4.61. The molecule has 1 amide bonds. The van der Waals surface area contributed by atoms with Crippen molar-refractivity contribution in [3.63, 3.8) is 0 Å². The number of hydrogen-bond donors (Lipinski definition) is 3. The van der Waals surface area contributed by atoms with Crippen molar-refractivity contribution in [2.75, 3.05) is 19.9 Å². The summed E-state index contributed by atoms with van der Waals surface area (Å²) in [5.74, 6) is -1.20. The molecule has 16 heavy (non-hydrogen) atoms. The van der Waals surface area contributed by atoms with E-state index in [2.05, 4.69) is 16.6 Å². The maximum atomic E-state index is 11.2. The van der Waals surface area contributed by atoms with Crippen molar-refractivity contribution in [2.24, 2.45) is 0 Å². The molecule has 0 aromatic carbocycles. The Kier molecular flexibility index (Phi) is 6.82. The molecule has 0 fully saturated rings. The van der Waals surface area contributed by atoms with E-state index < -0.39 is 18.6 Å². The minimum absolute atomic E-state index is 0.0347. The van der Waals surface area contributed by atoms with Crippen LogP contribution in [-0.2, 0) is 14.3 Å². The van der Waals surface area contributed by atoms with Crippen LogP contribution in [0.25, 0.3) is 0 Å². The third-order valence-corrected chi connectivity index (χ3v) is 1.57. The maximum Gasteiger partial charge on any atom is 0.333 e. The van der Waals surface area contributed by atoms with Gasteiger partial charge in [-0.05, 0) is 13.0 Å². The van der Waals surface area contributed by atoms with Crippen molar-refractivity contribution in [1.29, 1.82) is 0 Å². The molecule has 0 rings (SSSR count). The molecule has 90 valence electrons. The molecule has 6 nitrogen and oxygen atoms in total. The molecule has 0 aliphatic rings. The Balaban J connectivity index is 4.35. The van der Waals surface area contributed by atoms with E-state index in [9.17, 15) is 9.59 Å². The van der Waals surface area contributed by atoms with Gasteiger partial charge in [0.15, 0.2) is 0 Å². The maximum absolute atomic E-state index is 11.2. The van der Waals surface area contributed by atoms with E-state index in [1.807, 2.05) is 0 Å². The van der Waals surface area contributed by atoms with E-state index in [4.69, 9.17) is 10.2 Å². The number of esters is 1. The second-order valence-corrected chi connectivity index (χ2v) is 2.88. The molecule has 0 unspecified atom stereocenters. The van der Waals surface area contributed by atoms with Crippen LogP contribution in [0.2, 0.25) is 0 Å². The van der Waals surface area contributed by atoms with Crippen LogP contribution >= 0.6 is 0 Å². The highest BCUT2D eigenvalue weighted by Crippen LogP contribution is 2.02. The van der Waals surface area contributed by atoms with Crippen LogP contribution in [-0.4, -0.2) is 42.0 Å². The number of rotatable bonds is 6. The average Bonchev–Trinajstić information content (AvgIpc) is 2.25. The van der Waals surface area contributed by atoms with Crippen LogP contribution in [0.4, 0.5) is 0 Å². The second-order valence-electron chi connectivity index (χ2n) is 2.88. The number of carbonyl (C=O) groups is 2. The summed E-state index contributed by atoms with van der Waals surface area (Å²) in [7, 11) is 0. The van der Waals surface area contributed by atoms with Gasteiger partial charge in [-0.25, -0.2) is 4.79 Å². The van der Waals surface area contributed by atoms with Crippen molar-refractivity contribution in [1.82, 2.24) is 5.32 Å². The van der Waals surface area contributed by atoms with Gasteiger partial charge in [0.25, 0.3) is 5.91 Å². The number of ether oxygens (including phenoxy) is 1. The third kappa shape index (κ3) is 5.28. The lowest BCUT2D eigenvalue weighted by Crippen LogP contribution is -2.25. The molecule has 0 bridgehead atoms. The van der Waals surface area contributed by atoms with Crippen LogP contribution < -0.4 is 5.32 Å². The van der Waals surface area contributed by atoms with Gasteiger partial charge in [-0.2, -0.15) is 0 Å². The zero-order valence-electron chi connectivity index (χ0n) is 9.02. The molecule has 0 atom stereocenters. The van der Waals surface area contributed by atoms with E-state index in [-0.39, 0.29) is 24.4 Å². The van der Waals surface area contributed by atoms with Crippen LogP contribution in [0.1, 0.15) is 6.92 Å². The van der Waals surface area contributed by atoms with Crippen LogP contribution in [0, 0.1) is 0 Å². The zero-order valence-corrected chi connectivity index (χ0v) is 9.02. The summed E-state index contributed by atoms with van der Waals surface area (Å²) in [5, 5.41) is 19.0. The van der Waals surface area contributed by atoms with Crippen molar-refractivity contribution < 1.29 is 24.5 Å². The monoisotopic (exact) mass is 229 g/mol. The fourth-order valence-electron chi connectivity index (χ4n) is 0.823. The molecular weight excluding hydrogens is 214 g/mol. The van der Waals surface area contributed by atoms with E-state index in [1.54, 1.807) is 0 Å². The first-order chi connectivity index (χ1) is 7.52. The Morgan fingerprint density at radius 1 is 1.44 bits per heavy atom. The summed E-state index contributed by atoms with van der Waals surface area (Å²) in [4.78, 5) is 22.3. The fourth-order valence-corrected chi connectivity index (χ4v) is 0.823. The van der Waals surface area contributed by atoms with Gasteiger partial charge < -0.3 is 20.3 Å². The lowest BCUT2D eigenvalue weighted by molar-refractivity contribution is -0.139. The fraction of sp³-hybridized carbons (Fsp3) is 0.400. The molecule has 0 saturated carbocycles. The van der Waals surface area contributed by atoms with Crippen LogP contribution in [0.3, 0.4) is 0 Å². The summed E-state index contributed by atoms with van der Waals surface area (Å²) in [5.41, 5.74) is 0.221. The van der Waals surface area contributed by atoms with Crippen molar-refractivity contribution in [3.05, 3.63) is 23.8 Å². The third-order valence-electron chi connectivity index (χ3n) is 1.57. The highest BCUT2D eigenvalue weighted by molar-refractivity contribution is 5.98. The lowest BCUT2D eigenvalue weighted by atomic mass is 10.2. The topological polar surface area (TPSA) is 95.9 Å². The molecule has 6 heteroatoms. The molecular formula is C10H15NO5. The Hall–Kier alpha value is -1.66. The van der Waals surface area contributed by atoms with Crippen LogP contribution in [0.5, 0.6) is 0 Å². The normalized spacial score (nSPS) is 10.8. The minimum Gasteiger partial charge on any atom is -0.460 e. The van der Waals surface area contributed by atoms with Crippen molar-refractivity contribution >= 4 is 11.9 Å². The molecule has 0 spiro atoms. The van der Waals surface area contributed by atoms with Gasteiger partial charge in [0.2, 0.25) is 0 Å². The number of nitrogens with one attached hydrogen (secondary N) is 1. The van der Waals surface area contributed by atoms with E-state index in [0.29, 0.717) is 0 Å². The van der Waals surface area contributed by atoms with Gasteiger partial charge in [-0.1, -0.05) is 6.58 Å². The highest BCUT2D eigenvalue weighted by Gasteiger charge is 2.08. The summed E-state index contributed by atoms with van der Waals surface area (Å²) in [6, 6.07) is 0. The second kappa shape index (κ2) is 7.61. The van der Waals surface area contributed by atoms with Gasteiger partial charge in [-0.3, -0.25) is 4.79 Å². The summed E-state index contributed by atoms with van der Waals surface area (Å²) >= 11 is 0. The number of aliphatic hydroxyl groups is 2. The number of hydrogen-bond acceptors (Lipinski definition) is 5. The van der Waals surface area contributed by atoms with Gasteiger partial charge in [0.1, 0.15) is 13.3 Å². The van der Waals surface area contributed by atoms with Crippen molar-refractivity contribution in [3.8, 4) is 0 Å². The Bertz CT molecular complexity index is 308. The molecule has 3 N–H and O–H groups in total. The van der Waals surface area contributed by atoms with E-state index in [0.717, 1.165) is 0 Å². The summed E-state index contributed by atoms with van der Waals surface area (Å²) in [6.45, 7) is 4.02. The number of aliphatic hydroxyl groups excluding tert-OH is 2. The standard InChI is InChI=1S/C10H15NO5/c1-7(9(14)11-6-13)5-8(2)10(15)16-4-3-12/h5,12-13H,1,3-4,6H2,2H3,(H,11,14)/b8-5+. The zero-order chi connectivity index (χ0) is 12.6. The Labute approximate surface area is 93.2 Å². The Morgan fingerprint density at radius 2 is 2.06 bits per heavy atom. The summed E-state index contributed by atoms with van der Waals surface area (Å²) in [6.07, 6.45) is 1.24.